The van der Waals surface area contributed by atoms with Gasteiger partial charge in [0.25, 0.3) is 5.91 Å². The molecule has 4 nitrogen and oxygen atoms in total. The van der Waals surface area contributed by atoms with Crippen LogP contribution in [0, 0.1) is 0 Å². The van der Waals surface area contributed by atoms with Gasteiger partial charge in [-0.15, -0.1) is 0 Å². The minimum atomic E-state index is -1.14. The zero-order valence-electron chi connectivity index (χ0n) is 9.09. The highest BCUT2D eigenvalue weighted by atomic mass is 35.5. The Morgan fingerprint density at radius 1 is 1.39 bits per heavy atom. The van der Waals surface area contributed by atoms with E-state index in [2.05, 4.69) is 0 Å². The van der Waals surface area contributed by atoms with E-state index in [1.54, 1.807) is 18.2 Å². The Hall–Kier alpha value is -0.850. The van der Waals surface area contributed by atoms with Crippen LogP contribution in [0.5, 0.6) is 0 Å². The molecule has 2 atom stereocenters. The van der Waals surface area contributed by atoms with Crippen molar-refractivity contribution >= 4 is 45.2 Å². The Morgan fingerprint density at radius 3 is 2.94 bits per heavy atom. The van der Waals surface area contributed by atoms with E-state index in [-0.39, 0.29) is 22.7 Å². The molecule has 94 valence electrons. The number of hydrogen-bond donors (Lipinski definition) is 0. The lowest BCUT2D eigenvalue weighted by atomic mass is 10.2. The predicted molar refractivity (Wildman–Crippen MR) is 70.1 cm³/mol. The normalized spacial score (nSPS) is 26.8. The second-order valence-electron chi connectivity index (χ2n) is 4.09. The molecule has 1 aromatic carbocycles. The molecule has 1 saturated heterocycles. The summed E-state index contributed by atoms with van der Waals surface area (Å²) < 4.78 is 11.5. The molecule has 7 heteroatoms. The smallest absolute Gasteiger partial charge is 0.256 e. The van der Waals surface area contributed by atoms with Crippen LogP contribution >= 0.6 is 23.4 Å². The van der Waals surface area contributed by atoms with E-state index in [0.717, 1.165) is 11.8 Å². The highest BCUT2D eigenvalue weighted by Crippen LogP contribution is 2.34. The van der Waals surface area contributed by atoms with Crippen LogP contribution in [-0.2, 0) is 15.6 Å². The number of benzene rings is 1. The van der Waals surface area contributed by atoms with Gasteiger partial charge in [-0.1, -0.05) is 11.6 Å². The monoisotopic (exact) mass is 301 g/mol. The summed E-state index contributed by atoms with van der Waals surface area (Å²) in [5, 5.41) is 0.323. The summed E-state index contributed by atoms with van der Waals surface area (Å²) in [5.74, 6) is 0.0998. The van der Waals surface area contributed by atoms with Crippen LogP contribution in [0.1, 0.15) is 10.4 Å². The van der Waals surface area contributed by atoms with Crippen LogP contribution < -0.4 is 0 Å². The number of carbonyl (C=O) groups is 2. The van der Waals surface area contributed by atoms with Crippen molar-refractivity contribution < 1.29 is 13.8 Å². The molecule has 0 bridgehead atoms. The van der Waals surface area contributed by atoms with Crippen molar-refractivity contribution in [2.75, 3.05) is 11.6 Å². The van der Waals surface area contributed by atoms with Crippen molar-refractivity contribution in [3.05, 3.63) is 28.8 Å². The van der Waals surface area contributed by atoms with Crippen molar-refractivity contribution in [3.8, 4) is 0 Å². The summed E-state index contributed by atoms with van der Waals surface area (Å²) in [5.41, 5.74) is 0.419. The molecule has 18 heavy (non-hydrogen) atoms. The highest BCUT2D eigenvalue weighted by Gasteiger charge is 2.42. The first kappa shape index (κ1) is 12.2. The van der Waals surface area contributed by atoms with E-state index in [1.807, 2.05) is 0 Å². The fourth-order valence-corrected chi connectivity index (χ4v) is 4.68. The van der Waals surface area contributed by atoms with Gasteiger partial charge in [0, 0.05) is 20.7 Å². The van der Waals surface area contributed by atoms with Gasteiger partial charge in [0.05, 0.1) is 17.2 Å². The van der Waals surface area contributed by atoms with Crippen molar-refractivity contribution in [1.29, 1.82) is 0 Å². The summed E-state index contributed by atoms with van der Waals surface area (Å²) in [6.45, 7) is 0. The van der Waals surface area contributed by atoms with Crippen LogP contribution in [0.3, 0.4) is 0 Å². The van der Waals surface area contributed by atoms with Crippen molar-refractivity contribution in [2.24, 2.45) is 0 Å². The van der Waals surface area contributed by atoms with Gasteiger partial charge in [0.1, 0.15) is 6.04 Å². The number of hydrogen-bond acceptors (Lipinski definition) is 4. The maximum atomic E-state index is 12.3. The Kier molecular flexibility index (Phi) is 2.96. The lowest BCUT2D eigenvalue weighted by Crippen LogP contribution is -2.39. The summed E-state index contributed by atoms with van der Waals surface area (Å²) in [6.07, 6.45) is 0. The molecule has 0 aromatic heterocycles. The van der Waals surface area contributed by atoms with E-state index in [0.29, 0.717) is 15.5 Å². The predicted octanol–water partition coefficient (Wildman–Crippen LogP) is 1.50. The first-order valence-corrected chi connectivity index (χ1v) is 7.91. The highest BCUT2D eigenvalue weighted by molar-refractivity contribution is 8.14. The molecule has 0 N–H and O–H groups in total. The van der Waals surface area contributed by atoms with Gasteiger partial charge in [-0.25, -0.2) is 0 Å². The Labute approximate surface area is 115 Å². The third-order valence-electron chi connectivity index (χ3n) is 2.92. The standard InChI is InChI=1S/C11H8ClNO3S2/c12-6-1-2-9-7(3-6)10(14)13-5-18(16)4-8(13)11(15)17-9/h1-3,8H,4-5H2/t8-,18?/m0/s1. The van der Waals surface area contributed by atoms with Gasteiger partial charge >= 0.3 is 0 Å². The molecule has 1 aromatic rings. The van der Waals surface area contributed by atoms with Gasteiger partial charge in [-0.05, 0) is 30.0 Å². The van der Waals surface area contributed by atoms with E-state index in [9.17, 15) is 13.8 Å². The maximum absolute atomic E-state index is 12.3. The minimum Gasteiger partial charge on any atom is -0.315 e. The number of nitrogens with zero attached hydrogens (tertiary/aromatic N) is 1. The van der Waals surface area contributed by atoms with Crippen molar-refractivity contribution in [1.82, 2.24) is 4.90 Å². The first-order valence-electron chi connectivity index (χ1n) is 5.23. The molecule has 0 spiro atoms. The number of amides is 1. The Bertz CT molecular complexity index is 590. The lowest BCUT2D eigenvalue weighted by molar-refractivity contribution is -0.113. The average Bonchev–Trinajstić information content (AvgIpc) is 2.69. The molecule has 1 amide bonds. The van der Waals surface area contributed by atoms with Gasteiger partial charge < -0.3 is 4.90 Å². The third-order valence-corrected chi connectivity index (χ3v) is 5.46. The molecular weight excluding hydrogens is 294 g/mol. The SMILES string of the molecule is O=C1Sc2ccc(Cl)cc2C(=O)N2CS(=O)C[C@@H]12. The number of thioether (sulfide) groups is 1. The topological polar surface area (TPSA) is 54.5 Å². The van der Waals surface area contributed by atoms with Crippen LogP contribution in [0.25, 0.3) is 0 Å². The van der Waals surface area contributed by atoms with Crippen LogP contribution in [0.2, 0.25) is 5.02 Å². The van der Waals surface area contributed by atoms with Gasteiger partial charge in [0.15, 0.2) is 0 Å². The van der Waals surface area contributed by atoms with Crippen molar-refractivity contribution in [2.45, 2.75) is 10.9 Å². The van der Waals surface area contributed by atoms with E-state index in [1.165, 1.54) is 4.90 Å². The number of fused-ring (bicyclic) bond motifs is 2. The lowest BCUT2D eigenvalue weighted by Gasteiger charge is -2.18. The van der Waals surface area contributed by atoms with Crippen LogP contribution in [0.15, 0.2) is 23.1 Å². The maximum Gasteiger partial charge on any atom is 0.256 e. The van der Waals surface area contributed by atoms with Gasteiger partial charge in [0.2, 0.25) is 5.12 Å². The second kappa shape index (κ2) is 4.36. The fourth-order valence-electron chi connectivity index (χ4n) is 2.05. The molecule has 2 heterocycles. The van der Waals surface area contributed by atoms with E-state index >= 15 is 0 Å². The molecule has 1 unspecified atom stereocenters. The zero-order chi connectivity index (χ0) is 12.9. The molecule has 2 aliphatic rings. The molecule has 1 fully saturated rings. The molecule has 0 aliphatic carbocycles. The fraction of sp³-hybridized carbons (Fsp3) is 0.273. The molecule has 2 aliphatic heterocycles. The molecule has 0 radical (unpaired) electrons. The number of halogens is 1. The summed E-state index contributed by atoms with van der Waals surface area (Å²) in [7, 11) is -1.14. The number of rotatable bonds is 0. The molecular formula is C11H8ClNO3S2. The molecule has 0 saturated carbocycles. The Balaban J connectivity index is 2.12. The van der Waals surface area contributed by atoms with E-state index < -0.39 is 16.8 Å². The Morgan fingerprint density at radius 2 is 2.17 bits per heavy atom. The number of carbonyl (C=O) groups excluding carboxylic acids is 2. The third kappa shape index (κ3) is 1.88. The first-order chi connectivity index (χ1) is 8.56. The second-order valence-corrected chi connectivity index (χ2v) is 7.04. The largest absolute Gasteiger partial charge is 0.315 e. The summed E-state index contributed by atoms with van der Waals surface area (Å²) in [4.78, 5) is 26.4. The minimum absolute atomic E-state index is 0.127. The quantitative estimate of drug-likeness (QED) is 0.729. The molecule has 3 rings (SSSR count). The summed E-state index contributed by atoms with van der Waals surface area (Å²) in [6, 6.07) is 4.32. The van der Waals surface area contributed by atoms with E-state index in [4.69, 9.17) is 11.6 Å². The average molecular weight is 302 g/mol. The zero-order valence-corrected chi connectivity index (χ0v) is 11.5. The van der Waals surface area contributed by atoms with Gasteiger partial charge in [-0.2, -0.15) is 0 Å². The van der Waals surface area contributed by atoms with Crippen LogP contribution in [-0.4, -0.2) is 37.8 Å². The van der Waals surface area contributed by atoms with Crippen molar-refractivity contribution in [3.63, 3.8) is 0 Å². The van der Waals surface area contributed by atoms with Crippen LogP contribution in [0.4, 0.5) is 0 Å². The van der Waals surface area contributed by atoms with Gasteiger partial charge in [-0.3, -0.25) is 13.8 Å². The summed E-state index contributed by atoms with van der Waals surface area (Å²) >= 11 is 6.91.